The second kappa shape index (κ2) is 2.91. The largest absolute Gasteiger partial charge is 0.386 e. The summed E-state index contributed by atoms with van der Waals surface area (Å²) in [6.45, 7) is 1.39. The highest BCUT2D eigenvalue weighted by Crippen LogP contribution is 2.24. The summed E-state index contributed by atoms with van der Waals surface area (Å²) in [6.07, 6.45) is -5.66. The van der Waals surface area contributed by atoms with Crippen molar-refractivity contribution in [2.24, 2.45) is 5.73 Å². The number of hydrogen-bond donors (Lipinski definition) is 5. The molecule has 12 heavy (non-hydrogen) atoms. The lowest BCUT2D eigenvalue weighted by Gasteiger charge is -2.43. The lowest BCUT2D eigenvalue weighted by Crippen LogP contribution is -2.69. The lowest BCUT2D eigenvalue weighted by atomic mass is 9.94. The van der Waals surface area contributed by atoms with Crippen LogP contribution in [0.1, 0.15) is 6.92 Å². The molecule has 0 radical (unpaired) electrons. The molecule has 1 aliphatic rings. The normalized spacial score (nSPS) is 55.5. The van der Waals surface area contributed by atoms with Crippen LogP contribution in [0.5, 0.6) is 0 Å². The van der Waals surface area contributed by atoms with Gasteiger partial charge in [0.05, 0.1) is 0 Å². The molecule has 6 nitrogen and oxygen atoms in total. The first-order valence-electron chi connectivity index (χ1n) is 3.58. The first kappa shape index (κ1) is 9.85. The summed E-state index contributed by atoms with van der Waals surface area (Å²) in [7, 11) is 0. The monoisotopic (exact) mass is 179 g/mol. The van der Waals surface area contributed by atoms with Crippen LogP contribution in [-0.2, 0) is 4.74 Å². The molecule has 0 aromatic heterocycles. The minimum Gasteiger partial charge on any atom is -0.386 e. The van der Waals surface area contributed by atoms with Crippen molar-refractivity contribution in [1.29, 1.82) is 0 Å². The molecule has 1 heterocycles. The van der Waals surface area contributed by atoms with Crippen molar-refractivity contribution in [2.45, 2.75) is 37.3 Å². The molecule has 0 bridgehead atoms. The van der Waals surface area contributed by atoms with Gasteiger partial charge in [0.15, 0.2) is 12.0 Å². The van der Waals surface area contributed by atoms with E-state index in [-0.39, 0.29) is 0 Å². The van der Waals surface area contributed by atoms with Crippen LogP contribution in [0.3, 0.4) is 0 Å². The second-order valence-corrected chi connectivity index (χ2v) is 2.99. The molecule has 0 aromatic carbocycles. The van der Waals surface area contributed by atoms with Gasteiger partial charge in [-0.05, 0) is 6.92 Å². The maximum atomic E-state index is 9.33. The summed E-state index contributed by atoms with van der Waals surface area (Å²) in [5, 5.41) is 36.5. The highest BCUT2D eigenvalue weighted by atomic mass is 16.6. The van der Waals surface area contributed by atoms with Gasteiger partial charge in [-0.25, -0.2) is 0 Å². The van der Waals surface area contributed by atoms with Gasteiger partial charge in [-0.2, -0.15) is 0 Å². The number of ether oxygens (including phenoxy) is 1. The van der Waals surface area contributed by atoms with Crippen LogP contribution >= 0.6 is 0 Å². The van der Waals surface area contributed by atoms with Gasteiger partial charge in [-0.15, -0.1) is 0 Å². The molecule has 6 N–H and O–H groups in total. The zero-order valence-corrected chi connectivity index (χ0v) is 6.58. The fourth-order valence-electron chi connectivity index (χ4n) is 1.07. The predicted octanol–water partition coefficient (Wildman–Crippen LogP) is -2.91. The first-order valence-corrected chi connectivity index (χ1v) is 3.58. The van der Waals surface area contributed by atoms with Crippen molar-refractivity contribution in [1.82, 2.24) is 0 Å². The van der Waals surface area contributed by atoms with E-state index in [1.165, 1.54) is 6.92 Å². The van der Waals surface area contributed by atoms with Gasteiger partial charge in [-0.1, -0.05) is 0 Å². The number of aliphatic hydroxyl groups is 4. The Morgan fingerprint density at radius 3 is 2.33 bits per heavy atom. The van der Waals surface area contributed by atoms with E-state index in [1.807, 2.05) is 0 Å². The van der Waals surface area contributed by atoms with Crippen LogP contribution in [0.2, 0.25) is 0 Å². The zero-order valence-electron chi connectivity index (χ0n) is 6.58. The van der Waals surface area contributed by atoms with E-state index in [0.29, 0.717) is 0 Å². The van der Waals surface area contributed by atoms with Crippen molar-refractivity contribution < 1.29 is 25.2 Å². The molecule has 0 unspecified atom stereocenters. The summed E-state index contributed by atoms with van der Waals surface area (Å²) < 4.78 is 4.65. The SMILES string of the molecule is C[C@@H]1O[C@@H](O)[C@H](O)[C@H](O)[C@]1(N)O. The Morgan fingerprint density at radius 2 is 1.83 bits per heavy atom. The Morgan fingerprint density at radius 1 is 1.33 bits per heavy atom. The van der Waals surface area contributed by atoms with Crippen LogP contribution in [0, 0.1) is 0 Å². The number of nitrogens with two attached hydrogens (primary N) is 1. The minimum atomic E-state index is -2.03. The second-order valence-electron chi connectivity index (χ2n) is 2.99. The van der Waals surface area contributed by atoms with Crippen molar-refractivity contribution >= 4 is 0 Å². The summed E-state index contributed by atoms with van der Waals surface area (Å²) >= 11 is 0. The number of rotatable bonds is 0. The molecule has 1 saturated heterocycles. The Labute approximate surface area is 69.2 Å². The molecule has 0 aliphatic carbocycles. The summed E-state index contributed by atoms with van der Waals surface area (Å²) in [4.78, 5) is 0. The van der Waals surface area contributed by atoms with Crippen LogP contribution in [0.25, 0.3) is 0 Å². The Hall–Kier alpha value is -0.240. The number of hydrogen-bond acceptors (Lipinski definition) is 6. The average molecular weight is 179 g/mol. The molecule has 1 aliphatic heterocycles. The van der Waals surface area contributed by atoms with E-state index in [1.54, 1.807) is 0 Å². The van der Waals surface area contributed by atoms with E-state index < -0.39 is 30.3 Å². The topological polar surface area (TPSA) is 116 Å². The van der Waals surface area contributed by atoms with Gasteiger partial charge in [0, 0.05) is 0 Å². The average Bonchev–Trinajstić information content (AvgIpc) is 1.99. The summed E-state index contributed by atoms with van der Waals surface area (Å²) in [6, 6.07) is 0. The zero-order chi connectivity index (χ0) is 9.52. The van der Waals surface area contributed by atoms with Gasteiger partial charge in [-0.3, -0.25) is 5.73 Å². The maximum Gasteiger partial charge on any atom is 0.184 e. The van der Waals surface area contributed by atoms with Crippen molar-refractivity contribution in [3.63, 3.8) is 0 Å². The van der Waals surface area contributed by atoms with E-state index in [4.69, 9.17) is 15.9 Å². The Bertz CT molecular complexity index is 173. The van der Waals surface area contributed by atoms with E-state index >= 15 is 0 Å². The van der Waals surface area contributed by atoms with Crippen molar-refractivity contribution in [3.05, 3.63) is 0 Å². The van der Waals surface area contributed by atoms with Crippen LogP contribution in [0.4, 0.5) is 0 Å². The molecule has 0 amide bonds. The smallest absolute Gasteiger partial charge is 0.184 e. The molecule has 6 heteroatoms. The van der Waals surface area contributed by atoms with Crippen LogP contribution in [-0.4, -0.2) is 50.8 Å². The standard InChI is InChI=1S/C6H13NO5/c1-2-6(7,11)4(9)3(8)5(10)12-2/h2-5,8-11H,7H2,1H3/t2-,3+,4-,5+,6+/m0/s1. The van der Waals surface area contributed by atoms with Gasteiger partial charge in [0.2, 0.25) is 0 Å². The summed E-state index contributed by atoms with van der Waals surface area (Å²) in [5.41, 5.74) is 3.20. The third-order valence-electron chi connectivity index (χ3n) is 2.08. The molecular formula is C6H13NO5. The van der Waals surface area contributed by atoms with E-state index in [9.17, 15) is 10.2 Å². The van der Waals surface area contributed by atoms with Crippen molar-refractivity contribution in [2.75, 3.05) is 0 Å². The third-order valence-corrected chi connectivity index (χ3v) is 2.08. The fraction of sp³-hybridized carbons (Fsp3) is 1.00. The molecular weight excluding hydrogens is 166 g/mol. The van der Waals surface area contributed by atoms with Gasteiger partial charge in [0.1, 0.15) is 18.3 Å². The molecule has 0 saturated carbocycles. The molecule has 0 spiro atoms. The lowest BCUT2D eigenvalue weighted by molar-refractivity contribution is -0.310. The van der Waals surface area contributed by atoms with Crippen molar-refractivity contribution in [3.8, 4) is 0 Å². The van der Waals surface area contributed by atoms with Crippen LogP contribution < -0.4 is 5.73 Å². The van der Waals surface area contributed by atoms with Crippen LogP contribution in [0.15, 0.2) is 0 Å². The molecule has 1 rings (SSSR count). The van der Waals surface area contributed by atoms with E-state index in [0.717, 1.165) is 0 Å². The van der Waals surface area contributed by atoms with E-state index in [2.05, 4.69) is 4.74 Å². The summed E-state index contributed by atoms with van der Waals surface area (Å²) in [5.74, 6) is 0. The third kappa shape index (κ3) is 1.33. The van der Waals surface area contributed by atoms with Gasteiger partial charge >= 0.3 is 0 Å². The minimum absolute atomic E-state index is 0.939. The molecule has 72 valence electrons. The molecule has 0 aromatic rings. The maximum absolute atomic E-state index is 9.33. The molecule has 5 atom stereocenters. The van der Waals surface area contributed by atoms with Gasteiger partial charge < -0.3 is 25.2 Å². The quantitative estimate of drug-likeness (QED) is 0.255. The number of aliphatic hydroxyl groups excluding tert-OH is 3. The van der Waals surface area contributed by atoms with Gasteiger partial charge in [0.25, 0.3) is 0 Å². The fourth-order valence-corrected chi connectivity index (χ4v) is 1.07. The highest BCUT2D eigenvalue weighted by Gasteiger charge is 2.50. The Kier molecular flexibility index (Phi) is 2.39. The Balaban J connectivity index is 2.80. The highest BCUT2D eigenvalue weighted by molar-refractivity contribution is 4.95. The molecule has 1 fully saturated rings. The predicted molar refractivity (Wildman–Crippen MR) is 37.7 cm³/mol. The first-order chi connectivity index (χ1) is 5.37.